The van der Waals surface area contributed by atoms with Gasteiger partial charge in [-0.1, -0.05) is 49.4 Å². The predicted octanol–water partition coefficient (Wildman–Crippen LogP) is 6.38. The number of ether oxygens (including phenoxy) is 1. The molecular formula is C28H39N3O4S. The first-order valence-corrected chi connectivity index (χ1v) is 14.6. The van der Waals surface area contributed by atoms with Crippen LogP contribution >= 0.6 is 0 Å². The van der Waals surface area contributed by atoms with E-state index in [9.17, 15) is 13.2 Å². The van der Waals surface area contributed by atoms with E-state index in [1.807, 2.05) is 52.0 Å². The lowest BCUT2D eigenvalue weighted by Gasteiger charge is -2.39. The van der Waals surface area contributed by atoms with Gasteiger partial charge in [-0.15, -0.1) is 0 Å². The zero-order valence-corrected chi connectivity index (χ0v) is 22.8. The lowest BCUT2D eigenvalue weighted by atomic mass is 9.93. The van der Waals surface area contributed by atoms with Gasteiger partial charge in [-0.2, -0.15) is 4.31 Å². The van der Waals surface area contributed by atoms with Gasteiger partial charge in [0.05, 0.1) is 10.9 Å². The van der Waals surface area contributed by atoms with Crippen molar-refractivity contribution in [2.24, 2.45) is 0 Å². The number of amides is 1. The molecule has 0 radical (unpaired) electrons. The monoisotopic (exact) mass is 513 g/mol. The highest BCUT2D eigenvalue weighted by Crippen LogP contribution is 2.40. The fourth-order valence-corrected chi connectivity index (χ4v) is 6.95. The van der Waals surface area contributed by atoms with Crippen molar-refractivity contribution >= 4 is 21.9 Å². The molecule has 2 aliphatic rings. The summed E-state index contributed by atoms with van der Waals surface area (Å²) in [5.41, 5.74) is 1.13. The molecular weight excluding hydrogens is 474 g/mol. The summed E-state index contributed by atoms with van der Waals surface area (Å²) in [5, 5.41) is 0. The summed E-state index contributed by atoms with van der Waals surface area (Å²) < 4.78 is 35.0. The Labute approximate surface area is 215 Å². The van der Waals surface area contributed by atoms with E-state index >= 15 is 0 Å². The lowest BCUT2D eigenvalue weighted by Crippen LogP contribution is -2.46. The number of benzene rings is 1. The summed E-state index contributed by atoms with van der Waals surface area (Å²) in [7, 11) is -3.72. The first kappa shape index (κ1) is 26.6. The number of rotatable bonds is 5. The van der Waals surface area contributed by atoms with Crippen molar-refractivity contribution in [1.29, 1.82) is 0 Å². The second kappa shape index (κ2) is 10.9. The summed E-state index contributed by atoms with van der Waals surface area (Å²) in [6.07, 6.45) is 8.66. The molecule has 0 N–H and O–H groups in total. The molecule has 0 spiro atoms. The Balaban J connectivity index is 1.76. The van der Waals surface area contributed by atoms with Gasteiger partial charge in [-0.05, 0) is 71.6 Å². The van der Waals surface area contributed by atoms with Gasteiger partial charge in [0.15, 0.2) is 0 Å². The van der Waals surface area contributed by atoms with E-state index in [0.717, 1.165) is 56.1 Å². The maximum absolute atomic E-state index is 13.8. The topological polar surface area (TPSA) is 79.8 Å². The van der Waals surface area contributed by atoms with Crippen molar-refractivity contribution in [2.45, 2.75) is 102 Å². The molecule has 196 valence electrons. The molecule has 0 bridgehead atoms. The number of aryl methyl sites for hydroxylation is 1. The maximum atomic E-state index is 13.8. The van der Waals surface area contributed by atoms with Crippen LogP contribution in [0.2, 0.25) is 0 Å². The van der Waals surface area contributed by atoms with Gasteiger partial charge in [0.2, 0.25) is 10.0 Å². The zero-order chi connectivity index (χ0) is 25.9. The smallest absolute Gasteiger partial charge is 0.416 e. The number of carbonyl (C=O) groups is 1. The van der Waals surface area contributed by atoms with Crippen molar-refractivity contribution < 1.29 is 17.9 Å². The fourth-order valence-electron chi connectivity index (χ4n) is 5.28. The minimum Gasteiger partial charge on any atom is -0.443 e. The van der Waals surface area contributed by atoms with E-state index < -0.39 is 27.8 Å². The summed E-state index contributed by atoms with van der Waals surface area (Å²) in [6.45, 7) is 7.96. The van der Waals surface area contributed by atoms with Gasteiger partial charge in [0.25, 0.3) is 0 Å². The molecule has 7 nitrogen and oxygen atoms in total. The Morgan fingerprint density at radius 1 is 1.00 bits per heavy atom. The Hall–Kier alpha value is -2.45. The third kappa shape index (κ3) is 5.92. The van der Waals surface area contributed by atoms with E-state index in [2.05, 4.69) is 4.98 Å². The van der Waals surface area contributed by atoms with Crippen LogP contribution in [0.5, 0.6) is 0 Å². The Morgan fingerprint density at radius 2 is 1.67 bits per heavy atom. The van der Waals surface area contributed by atoms with Gasteiger partial charge in [-0.3, -0.25) is 4.90 Å². The number of pyridine rings is 1. The Kier molecular flexibility index (Phi) is 8.05. The largest absolute Gasteiger partial charge is 0.443 e. The first-order valence-electron chi connectivity index (χ1n) is 13.1. The number of aromatic nitrogens is 1. The van der Waals surface area contributed by atoms with Crippen LogP contribution in [0.25, 0.3) is 0 Å². The van der Waals surface area contributed by atoms with E-state index in [-0.39, 0.29) is 6.04 Å². The van der Waals surface area contributed by atoms with Crippen molar-refractivity contribution in [3.63, 3.8) is 0 Å². The molecule has 2 fully saturated rings. The van der Waals surface area contributed by atoms with Crippen LogP contribution in [0.15, 0.2) is 47.5 Å². The lowest BCUT2D eigenvalue weighted by molar-refractivity contribution is 0.0555. The van der Waals surface area contributed by atoms with Crippen LogP contribution in [0.3, 0.4) is 0 Å². The number of carbonyl (C=O) groups excluding carboxylic acids is 1. The molecule has 8 heteroatoms. The van der Waals surface area contributed by atoms with Gasteiger partial charge >= 0.3 is 6.09 Å². The maximum Gasteiger partial charge on any atom is 0.416 e. The van der Waals surface area contributed by atoms with Gasteiger partial charge in [0.1, 0.15) is 11.4 Å². The van der Waals surface area contributed by atoms with Crippen molar-refractivity contribution in [1.82, 2.24) is 9.29 Å². The molecule has 1 aliphatic carbocycles. The van der Waals surface area contributed by atoms with Crippen LogP contribution in [-0.2, 0) is 14.8 Å². The van der Waals surface area contributed by atoms with Crippen molar-refractivity contribution in [3.8, 4) is 0 Å². The first-order chi connectivity index (χ1) is 17.1. The molecule has 1 aromatic carbocycles. The van der Waals surface area contributed by atoms with E-state index in [0.29, 0.717) is 23.7 Å². The van der Waals surface area contributed by atoms with Gasteiger partial charge in [0, 0.05) is 24.3 Å². The summed E-state index contributed by atoms with van der Waals surface area (Å²) >= 11 is 0. The van der Waals surface area contributed by atoms with E-state index in [4.69, 9.17) is 4.74 Å². The normalized spacial score (nSPS) is 20.2. The number of hydrogen-bond acceptors (Lipinski definition) is 5. The highest BCUT2D eigenvalue weighted by Gasteiger charge is 2.39. The average Bonchev–Trinajstić information content (AvgIpc) is 2.84. The SMILES string of the molecule is Cc1ccc(S(=O)(=O)N2CCCC[C@H]2c2cccnc2N(C(=O)OC(C)(C)C)C2CCCCC2)cc1. The second-order valence-electron chi connectivity index (χ2n) is 11.0. The number of hydrogen-bond donors (Lipinski definition) is 0. The van der Waals surface area contributed by atoms with E-state index in [1.165, 1.54) is 0 Å². The molecule has 0 unspecified atom stereocenters. The molecule has 1 saturated carbocycles. The fraction of sp³-hybridized carbons (Fsp3) is 0.571. The van der Waals surface area contributed by atoms with Gasteiger partial charge < -0.3 is 4.74 Å². The number of sulfonamides is 1. The Bertz CT molecular complexity index is 1150. The highest BCUT2D eigenvalue weighted by molar-refractivity contribution is 7.89. The molecule has 2 heterocycles. The minimum atomic E-state index is -3.72. The summed E-state index contributed by atoms with van der Waals surface area (Å²) in [6, 6.07) is 10.3. The number of piperidine rings is 1. The summed E-state index contributed by atoms with van der Waals surface area (Å²) in [5.74, 6) is 0.523. The second-order valence-corrected chi connectivity index (χ2v) is 12.9. The summed E-state index contributed by atoms with van der Waals surface area (Å²) in [4.78, 5) is 20.2. The van der Waals surface area contributed by atoms with Crippen molar-refractivity contribution in [3.05, 3.63) is 53.7 Å². The minimum absolute atomic E-state index is 0.0204. The van der Waals surface area contributed by atoms with Crippen LogP contribution in [0, 0.1) is 6.92 Å². The third-order valence-corrected chi connectivity index (χ3v) is 8.94. The molecule has 1 amide bonds. The molecule has 1 atom stereocenters. The predicted molar refractivity (Wildman–Crippen MR) is 141 cm³/mol. The van der Waals surface area contributed by atoms with Crippen LogP contribution < -0.4 is 4.90 Å². The Morgan fingerprint density at radius 3 is 2.33 bits per heavy atom. The van der Waals surface area contributed by atoms with Gasteiger partial charge in [-0.25, -0.2) is 18.2 Å². The van der Waals surface area contributed by atoms with Crippen LogP contribution in [-0.4, -0.2) is 42.0 Å². The molecule has 1 saturated heterocycles. The van der Waals surface area contributed by atoms with E-state index in [1.54, 1.807) is 27.5 Å². The zero-order valence-electron chi connectivity index (χ0n) is 21.9. The molecule has 2 aromatic rings. The highest BCUT2D eigenvalue weighted by atomic mass is 32.2. The van der Waals surface area contributed by atoms with Crippen LogP contribution in [0.1, 0.15) is 89.3 Å². The molecule has 4 rings (SSSR count). The molecule has 1 aliphatic heterocycles. The molecule has 1 aromatic heterocycles. The quantitative estimate of drug-likeness (QED) is 0.463. The average molecular weight is 514 g/mol. The molecule has 36 heavy (non-hydrogen) atoms. The third-order valence-electron chi connectivity index (χ3n) is 7.02. The van der Waals surface area contributed by atoms with Crippen LogP contribution in [0.4, 0.5) is 10.6 Å². The number of anilines is 1. The standard InChI is InChI=1S/C28H39N3O4S/c1-21-15-17-23(18-16-21)36(33,34)30-20-9-8-14-25(30)24-13-10-19-29-26(24)31(22-11-6-5-7-12-22)27(32)35-28(2,3)4/h10,13,15-19,22,25H,5-9,11-12,14,20H2,1-4H3/t25-/m0/s1. The number of nitrogens with zero attached hydrogens (tertiary/aromatic N) is 3. The van der Waals surface area contributed by atoms with Crippen molar-refractivity contribution in [2.75, 3.05) is 11.4 Å².